The Morgan fingerprint density at radius 1 is 1.03 bits per heavy atom. The van der Waals surface area contributed by atoms with Crippen LogP contribution in [0.4, 0.5) is 0 Å². The summed E-state index contributed by atoms with van der Waals surface area (Å²) in [5.74, 6) is -0.683. The van der Waals surface area contributed by atoms with Crippen molar-refractivity contribution in [2.75, 3.05) is 7.11 Å². The molecule has 1 unspecified atom stereocenters. The summed E-state index contributed by atoms with van der Waals surface area (Å²) >= 11 is 1.39. The number of carbonyl (C=O) groups is 2. The van der Waals surface area contributed by atoms with Crippen LogP contribution < -0.4 is 4.80 Å². The van der Waals surface area contributed by atoms with E-state index in [0.717, 1.165) is 21.0 Å². The van der Waals surface area contributed by atoms with Crippen molar-refractivity contribution < 1.29 is 14.3 Å². The normalized spacial score (nSPS) is 13.0. The average Bonchev–Trinajstić information content (AvgIpc) is 3.11. The fourth-order valence-electron chi connectivity index (χ4n) is 3.52. The van der Waals surface area contributed by atoms with Crippen LogP contribution in [-0.2, 0) is 9.53 Å². The van der Waals surface area contributed by atoms with Gasteiger partial charge in [-0.2, -0.15) is 4.99 Å². The third-order valence-corrected chi connectivity index (χ3v) is 5.96. The van der Waals surface area contributed by atoms with E-state index in [2.05, 4.69) is 4.99 Å². The number of esters is 1. The third-order valence-electron chi connectivity index (χ3n) is 4.92. The van der Waals surface area contributed by atoms with E-state index in [9.17, 15) is 9.59 Å². The molecule has 1 atom stereocenters. The predicted octanol–water partition coefficient (Wildman–Crippen LogP) is 4.72. The van der Waals surface area contributed by atoms with Crippen LogP contribution in [-0.4, -0.2) is 23.6 Å². The molecule has 5 nitrogen and oxygen atoms in total. The number of methoxy groups -OCH3 is 1. The Kier molecular flexibility index (Phi) is 5.27. The minimum atomic E-state index is -0.546. The zero-order chi connectivity index (χ0) is 20.4. The lowest BCUT2D eigenvalue weighted by molar-refractivity contribution is -0.144. The molecule has 1 amide bonds. The molecule has 0 bridgehead atoms. The highest BCUT2D eigenvalue weighted by Crippen LogP contribution is 2.24. The van der Waals surface area contributed by atoms with Crippen molar-refractivity contribution in [1.82, 2.24) is 4.57 Å². The van der Waals surface area contributed by atoms with Gasteiger partial charge in [0.15, 0.2) is 4.80 Å². The summed E-state index contributed by atoms with van der Waals surface area (Å²) < 4.78 is 7.77. The number of carbonyl (C=O) groups excluding carboxylic acids is 2. The van der Waals surface area contributed by atoms with Gasteiger partial charge in [0.1, 0.15) is 6.04 Å². The number of thiazole rings is 1. The van der Waals surface area contributed by atoms with E-state index in [1.807, 2.05) is 72.2 Å². The number of rotatable bonds is 4. The Labute approximate surface area is 171 Å². The molecule has 0 aliphatic rings. The van der Waals surface area contributed by atoms with Crippen molar-refractivity contribution in [2.45, 2.75) is 19.4 Å². The van der Waals surface area contributed by atoms with Gasteiger partial charge in [-0.3, -0.25) is 4.79 Å². The van der Waals surface area contributed by atoms with Gasteiger partial charge >= 0.3 is 5.97 Å². The fourth-order valence-corrected chi connectivity index (χ4v) is 4.59. The number of para-hydroxylation sites is 1. The summed E-state index contributed by atoms with van der Waals surface area (Å²) in [6.07, 6.45) is 0.531. The molecule has 0 radical (unpaired) electrons. The zero-order valence-electron chi connectivity index (χ0n) is 16.2. The van der Waals surface area contributed by atoms with Crippen molar-refractivity contribution in [3.8, 4) is 0 Å². The van der Waals surface area contributed by atoms with Gasteiger partial charge in [-0.15, -0.1) is 0 Å². The van der Waals surface area contributed by atoms with Gasteiger partial charge in [0.2, 0.25) is 0 Å². The molecule has 4 aromatic rings. The van der Waals surface area contributed by atoms with E-state index < -0.39 is 6.04 Å². The van der Waals surface area contributed by atoms with Gasteiger partial charge in [-0.1, -0.05) is 66.8 Å². The smallest absolute Gasteiger partial charge is 0.328 e. The predicted molar refractivity (Wildman–Crippen MR) is 115 cm³/mol. The second-order valence-corrected chi connectivity index (χ2v) is 7.62. The summed E-state index contributed by atoms with van der Waals surface area (Å²) in [4.78, 5) is 30.4. The molecule has 0 spiro atoms. The quantitative estimate of drug-likeness (QED) is 0.462. The Hall–Kier alpha value is -3.25. The first-order valence-corrected chi connectivity index (χ1v) is 10.2. The van der Waals surface area contributed by atoms with E-state index in [-0.39, 0.29) is 11.9 Å². The van der Waals surface area contributed by atoms with Gasteiger partial charge in [0, 0.05) is 5.56 Å². The van der Waals surface area contributed by atoms with Gasteiger partial charge in [0.05, 0.1) is 17.3 Å². The number of fused-ring (bicyclic) bond motifs is 2. The molecule has 0 aliphatic heterocycles. The molecule has 29 heavy (non-hydrogen) atoms. The zero-order valence-corrected chi connectivity index (χ0v) is 17.0. The molecule has 146 valence electrons. The van der Waals surface area contributed by atoms with E-state index in [0.29, 0.717) is 16.8 Å². The van der Waals surface area contributed by atoms with Gasteiger partial charge in [-0.05, 0) is 35.4 Å². The average molecular weight is 404 g/mol. The number of nitrogens with zero attached hydrogens (tertiary/aromatic N) is 2. The number of amides is 1. The molecule has 4 rings (SSSR count). The largest absolute Gasteiger partial charge is 0.467 e. The van der Waals surface area contributed by atoms with Crippen molar-refractivity contribution in [2.24, 2.45) is 4.99 Å². The molecule has 0 N–H and O–H groups in total. The lowest BCUT2D eigenvalue weighted by atomic mass is 10.0. The standard InChI is InChI=1S/C23H20N2O3S/c1-3-18(22(27)28-2)25-19-13-6-7-14-20(19)29-23(25)24-21(26)17-12-8-10-15-9-4-5-11-16(15)17/h4-14,18H,3H2,1-2H3/b24-23+. The summed E-state index contributed by atoms with van der Waals surface area (Å²) in [5.41, 5.74) is 1.40. The summed E-state index contributed by atoms with van der Waals surface area (Å²) in [7, 11) is 1.37. The van der Waals surface area contributed by atoms with Crippen LogP contribution in [0.5, 0.6) is 0 Å². The second-order valence-electron chi connectivity index (χ2n) is 6.61. The van der Waals surface area contributed by atoms with E-state index in [4.69, 9.17) is 4.74 Å². The van der Waals surface area contributed by atoms with Crippen LogP contribution in [0.15, 0.2) is 71.7 Å². The van der Waals surface area contributed by atoms with Crippen molar-refractivity contribution in [3.05, 3.63) is 77.1 Å². The Morgan fingerprint density at radius 3 is 2.55 bits per heavy atom. The molecule has 3 aromatic carbocycles. The van der Waals surface area contributed by atoms with E-state index in [1.165, 1.54) is 18.4 Å². The Balaban J connectivity index is 1.93. The molecule has 0 saturated heterocycles. The number of hydrogen-bond acceptors (Lipinski definition) is 4. The lowest BCUT2D eigenvalue weighted by Crippen LogP contribution is -2.28. The molecular weight excluding hydrogens is 384 g/mol. The minimum absolute atomic E-state index is 0.332. The first-order chi connectivity index (χ1) is 14.1. The summed E-state index contributed by atoms with van der Waals surface area (Å²) in [6, 6.07) is 20.5. The molecule has 1 heterocycles. The monoisotopic (exact) mass is 404 g/mol. The van der Waals surface area contributed by atoms with Crippen LogP contribution in [0, 0.1) is 0 Å². The van der Waals surface area contributed by atoms with Gasteiger partial charge in [-0.25, -0.2) is 4.79 Å². The maximum Gasteiger partial charge on any atom is 0.328 e. The molecule has 0 saturated carbocycles. The number of hydrogen-bond donors (Lipinski definition) is 0. The van der Waals surface area contributed by atoms with Crippen molar-refractivity contribution >= 4 is 44.2 Å². The number of aromatic nitrogens is 1. The van der Waals surface area contributed by atoms with Crippen molar-refractivity contribution in [3.63, 3.8) is 0 Å². The van der Waals surface area contributed by atoms with Crippen LogP contribution in [0.2, 0.25) is 0 Å². The van der Waals surface area contributed by atoms with Crippen LogP contribution in [0.1, 0.15) is 29.7 Å². The molecule has 0 aliphatic carbocycles. The van der Waals surface area contributed by atoms with Gasteiger partial charge < -0.3 is 9.30 Å². The molecule has 6 heteroatoms. The highest BCUT2D eigenvalue weighted by Gasteiger charge is 2.23. The lowest BCUT2D eigenvalue weighted by Gasteiger charge is -2.15. The highest BCUT2D eigenvalue weighted by atomic mass is 32.1. The molecular formula is C23H20N2O3S. The first kappa shape index (κ1) is 19.1. The maximum absolute atomic E-state index is 13.1. The van der Waals surface area contributed by atoms with Crippen LogP contribution in [0.3, 0.4) is 0 Å². The SMILES string of the molecule is CCC(C(=O)OC)n1/c(=N\C(=O)c2cccc3ccccc23)sc2ccccc21. The second kappa shape index (κ2) is 8.01. The van der Waals surface area contributed by atoms with Crippen molar-refractivity contribution in [1.29, 1.82) is 0 Å². The van der Waals surface area contributed by atoms with E-state index in [1.54, 1.807) is 6.07 Å². The van der Waals surface area contributed by atoms with Gasteiger partial charge in [0.25, 0.3) is 5.91 Å². The number of benzene rings is 3. The fraction of sp³-hybridized carbons (Fsp3) is 0.174. The maximum atomic E-state index is 13.1. The van der Waals surface area contributed by atoms with Crippen LogP contribution in [0.25, 0.3) is 21.0 Å². The highest BCUT2D eigenvalue weighted by molar-refractivity contribution is 7.16. The molecule has 0 fully saturated rings. The first-order valence-electron chi connectivity index (χ1n) is 9.38. The Bertz CT molecular complexity index is 1280. The van der Waals surface area contributed by atoms with Crippen LogP contribution >= 0.6 is 11.3 Å². The molecule has 1 aromatic heterocycles. The topological polar surface area (TPSA) is 60.7 Å². The summed E-state index contributed by atoms with van der Waals surface area (Å²) in [5, 5.41) is 1.84. The van der Waals surface area contributed by atoms with E-state index >= 15 is 0 Å². The Morgan fingerprint density at radius 2 is 1.76 bits per heavy atom. The third kappa shape index (κ3) is 3.47. The minimum Gasteiger partial charge on any atom is -0.467 e. The summed E-state index contributed by atoms with van der Waals surface area (Å²) in [6.45, 7) is 1.91. The number of ether oxygens (including phenoxy) is 1.